The molecule has 0 spiro atoms. The summed E-state index contributed by atoms with van der Waals surface area (Å²) in [7, 11) is 1.39. The number of halogens is 1. The van der Waals surface area contributed by atoms with Crippen LogP contribution < -0.4 is 4.74 Å². The molecule has 2 rings (SSSR count). The Labute approximate surface area is 107 Å². The Hall–Kier alpha value is -1.95. The first-order valence-corrected chi connectivity index (χ1v) is 5.99. The third-order valence-electron chi connectivity index (χ3n) is 2.30. The molecule has 0 unspecified atom stereocenters. The predicted octanol–water partition coefficient (Wildman–Crippen LogP) is 2.58. The van der Waals surface area contributed by atoms with Crippen molar-refractivity contribution < 1.29 is 19.0 Å². The number of rotatable bonds is 4. The molecular formula is C12H10FNO3S. The van der Waals surface area contributed by atoms with Gasteiger partial charge in [0.2, 0.25) is 0 Å². The summed E-state index contributed by atoms with van der Waals surface area (Å²) in [6, 6.07) is 4.77. The molecule has 1 aromatic heterocycles. The van der Waals surface area contributed by atoms with Gasteiger partial charge in [-0.25, -0.2) is 9.37 Å². The van der Waals surface area contributed by atoms with E-state index in [0.29, 0.717) is 16.3 Å². The minimum atomic E-state index is -0.960. The lowest BCUT2D eigenvalue weighted by Crippen LogP contribution is -2.00. The van der Waals surface area contributed by atoms with Crippen LogP contribution in [0.4, 0.5) is 4.39 Å². The Morgan fingerprint density at radius 1 is 1.56 bits per heavy atom. The van der Waals surface area contributed by atoms with Crippen LogP contribution in [-0.2, 0) is 11.2 Å². The molecule has 4 nitrogen and oxygen atoms in total. The van der Waals surface area contributed by atoms with Gasteiger partial charge in [0.25, 0.3) is 0 Å². The fourth-order valence-corrected chi connectivity index (χ4v) is 2.34. The zero-order valence-electron chi connectivity index (χ0n) is 9.51. The Morgan fingerprint density at radius 3 is 3.00 bits per heavy atom. The van der Waals surface area contributed by atoms with Crippen molar-refractivity contribution in [2.45, 2.75) is 6.42 Å². The van der Waals surface area contributed by atoms with Crippen molar-refractivity contribution in [1.29, 1.82) is 0 Å². The van der Waals surface area contributed by atoms with Crippen LogP contribution in [0.1, 0.15) is 5.69 Å². The molecule has 0 atom stereocenters. The summed E-state index contributed by atoms with van der Waals surface area (Å²) in [5.41, 5.74) is 0.737. The highest BCUT2D eigenvalue weighted by Crippen LogP contribution is 2.31. The van der Waals surface area contributed by atoms with Crippen molar-refractivity contribution in [3.8, 4) is 16.3 Å². The van der Waals surface area contributed by atoms with Gasteiger partial charge in [0, 0.05) is 5.38 Å². The number of hydrogen-bond donors (Lipinski definition) is 1. The number of carboxylic acids is 1. The molecule has 0 bridgehead atoms. The zero-order chi connectivity index (χ0) is 13.1. The van der Waals surface area contributed by atoms with Crippen LogP contribution in [0.25, 0.3) is 10.6 Å². The van der Waals surface area contributed by atoms with E-state index in [1.165, 1.54) is 24.5 Å². The van der Waals surface area contributed by atoms with Crippen LogP contribution in [0.3, 0.4) is 0 Å². The van der Waals surface area contributed by atoms with Crippen LogP contribution in [0, 0.1) is 5.82 Å². The van der Waals surface area contributed by atoms with E-state index in [1.54, 1.807) is 17.5 Å². The molecular weight excluding hydrogens is 257 g/mol. The molecule has 1 N–H and O–H groups in total. The lowest BCUT2D eigenvalue weighted by Gasteiger charge is -2.04. The van der Waals surface area contributed by atoms with Crippen molar-refractivity contribution in [3.63, 3.8) is 0 Å². The topological polar surface area (TPSA) is 59.4 Å². The number of aliphatic carboxylic acids is 1. The minimum Gasteiger partial charge on any atom is -0.494 e. The van der Waals surface area contributed by atoms with E-state index in [9.17, 15) is 9.18 Å². The Bertz CT molecular complexity index is 582. The zero-order valence-corrected chi connectivity index (χ0v) is 10.3. The summed E-state index contributed by atoms with van der Waals surface area (Å²) < 4.78 is 18.8. The van der Waals surface area contributed by atoms with Gasteiger partial charge in [0.1, 0.15) is 5.01 Å². The SMILES string of the molecule is COc1cccc(-c2nc(CC(=O)O)cs2)c1F. The third kappa shape index (κ3) is 2.48. The number of aromatic nitrogens is 1. The fraction of sp³-hybridized carbons (Fsp3) is 0.167. The number of benzene rings is 1. The average molecular weight is 267 g/mol. The first-order valence-electron chi connectivity index (χ1n) is 5.11. The molecule has 0 saturated heterocycles. The number of hydrogen-bond acceptors (Lipinski definition) is 4. The lowest BCUT2D eigenvalue weighted by molar-refractivity contribution is -0.136. The van der Waals surface area contributed by atoms with E-state index in [0.717, 1.165) is 0 Å². The summed E-state index contributed by atoms with van der Waals surface area (Å²) in [4.78, 5) is 14.7. The van der Waals surface area contributed by atoms with Gasteiger partial charge in [-0.1, -0.05) is 6.07 Å². The van der Waals surface area contributed by atoms with Crippen molar-refractivity contribution in [3.05, 3.63) is 35.1 Å². The molecule has 2 aromatic rings. The van der Waals surface area contributed by atoms with Gasteiger partial charge in [-0.2, -0.15) is 0 Å². The number of nitrogens with zero attached hydrogens (tertiary/aromatic N) is 1. The lowest BCUT2D eigenvalue weighted by atomic mass is 10.2. The van der Waals surface area contributed by atoms with Crippen molar-refractivity contribution in [1.82, 2.24) is 4.98 Å². The van der Waals surface area contributed by atoms with E-state index in [1.807, 2.05) is 0 Å². The van der Waals surface area contributed by atoms with Crippen LogP contribution >= 0.6 is 11.3 Å². The van der Waals surface area contributed by atoms with Crippen LogP contribution in [0.2, 0.25) is 0 Å². The maximum absolute atomic E-state index is 14.0. The summed E-state index contributed by atoms with van der Waals surface area (Å²) in [6.07, 6.45) is -0.165. The normalized spacial score (nSPS) is 10.3. The second-order valence-electron chi connectivity index (χ2n) is 3.54. The molecule has 1 heterocycles. The van der Waals surface area contributed by atoms with Crippen LogP contribution in [-0.4, -0.2) is 23.2 Å². The first kappa shape index (κ1) is 12.5. The summed E-state index contributed by atoms with van der Waals surface area (Å²) in [6.45, 7) is 0. The molecule has 18 heavy (non-hydrogen) atoms. The molecule has 0 saturated carbocycles. The van der Waals surface area contributed by atoms with Gasteiger partial charge in [0.15, 0.2) is 11.6 Å². The number of carbonyl (C=O) groups is 1. The van der Waals surface area contributed by atoms with Crippen LogP contribution in [0.15, 0.2) is 23.6 Å². The molecule has 0 fully saturated rings. The smallest absolute Gasteiger partial charge is 0.309 e. The van der Waals surface area contributed by atoms with E-state index >= 15 is 0 Å². The molecule has 94 valence electrons. The summed E-state index contributed by atoms with van der Waals surface area (Å²) in [5.74, 6) is -1.31. The Balaban J connectivity index is 2.37. The molecule has 0 radical (unpaired) electrons. The monoisotopic (exact) mass is 267 g/mol. The van der Waals surface area contributed by atoms with Crippen molar-refractivity contribution in [2.24, 2.45) is 0 Å². The standard InChI is InChI=1S/C12H10FNO3S/c1-17-9-4-2-3-8(11(9)13)12-14-7(6-18-12)5-10(15)16/h2-4,6H,5H2,1H3,(H,15,16). The van der Waals surface area contributed by atoms with Gasteiger partial charge >= 0.3 is 5.97 Å². The van der Waals surface area contributed by atoms with Gasteiger partial charge in [-0.15, -0.1) is 11.3 Å². The molecule has 1 aromatic carbocycles. The molecule has 0 aliphatic rings. The van der Waals surface area contributed by atoms with Crippen LogP contribution in [0.5, 0.6) is 5.75 Å². The molecule has 0 aliphatic heterocycles. The quantitative estimate of drug-likeness (QED) is 0.925. The highest BCUT2D eigenvalue weighted by atomic mass is 32.1. The van der Waals surface area contributed by atoms with Crippen molar-refractivity contribution >= 4 is 17.3 Å². The second kappa shape index (κ2) is 5.14. The Kier molecular flexibility index (Phi) is 3.57. The third-order valence-corrected chi connectivity index (χ3v) is 3.22. The predicted molar refractivity (Wildman–Crippen MR) is 65.4 cm³/mol. The maximum Gasteiger partial charge on any atom is 0.309 e. The van der Waals surface area contributed by atoms with E-state index in [4.69, 9.17) is 9.84 Å². The number of ether oxygens (including phenoxy) is 1. The first-order chi connectivity index (χ1) is 8.61. The molecule has 0 aliphatic carbocycles. The number of thiazole rings is 1. The van der Waals surface area contributed by atoms with Gasteiger partial charge < -0.3 is 9.84 Å². The largest absolute Gasteiger partial charge is 0.494 e. The summed E-state index contributed by atoms with van der Waals surface area (Å²) in [5, 5.41) is 10.7. The maximum atomic E-state index is 14.0. The van der Waals surface area contributed by atoms with Crippen molar-refractivity contribution in [2.75, 3.05) is 7.11 Å². The highest BCUT2D eigenvalue weighted by molar-refractivity contribution is 7.13. The minimum absolute atomic E-state index is 0.141. The number of methoxy groups -OCH3 is 1. The second-order valence-corrected chi connectivity index (χ2v) is 4.39. The van der Waals surface area contributed by atoms with Gasteiger partial charge in [-0.3, -0.25) is 4.79 Å². The van der Waals surface area contributed by atoms with Gasteiger partial charge in [0.05, 0.1) is 24.8 Å². The molecule has 6 heteroatoms. The average Bonchev–Trinajstić information content (AvgIpc) is 2.76. The number of carboxylic acid groups (broad SMARTS) is 1. The molecule has 0 amide bonds. The highest BCUT2D eigenvalue weighted by Gasteiger charge is 2.14. The van der Waals surface area contributed by atoms with E-state index < -0.39 is 11.8 Å². The summed E-state index contributed by atoms with van der Waals surface area (Å²) >= 11 is 1.21. The van der Waals surface area contributed by atoms with Gasteiger partial charge in [-0.05, 0) is 12.1 Å². The fourth-order valence-electron chi connectivity index (χ4n) is 1.50. The van der Waals surface area contributed by atoms with E-state index in [-0.39, 0.29) is 12.2 Å². The Morgan fingerprint density at radius 2 is 2.33 bits per heavy atom. The van der Waals surface area contributed by atoms with E-state index in [2.05, 4.69) is 4.98 Å².